The molecule has 0 saturated carbocycles. The molecule has 0 bridgehead atoms. The van der Waals surface area contributed by atoms with Crippen molar-refractivity contribution in [3.05, 3.63) is 48.2 Å². The summed E-state index contributed by atoms with van der Waals surface area (Å²) in [5, 5.41) is 1.32. The van der Waals surface area contributed by atoms with Crippen molar-refractivity contribution in [1.82, 2.24) is 4.98 Å². The average molecular weight is 288 g/mol. The minimum absolute atomic E-state index is 0.248. The van der Waals surface area contributed by atoms with E-state index in [1.54, 1.807) is 26.0 Å². The van der Waals surface area contributed by atoms with E-state index in [0.717, 1.165) is 0 Å². The summed E-state index contributed by atoms with van der Waals surface area (Å²) < 4.78 is 4.58. The minimum Gasteiger partial charge on any atom is -0.468 e. The summed E-state index contributed by atoms with van der Waals surface area (Å²) in [6, 6.07) is 8.31. The van der Waals surface area contributed by atoms with Crippen LogP contribution in [0.1, 0.15) is 19.4 Å². The number of rotatable bonds is 3. The molecule has 0 aliphatic heterocycles. The smallest absolute Gasteiger partial charge is 0.315 e. The molecule has 0 radical (unpaired) electrons. The Morgan fingerprint density at radius 2 is 2.05 bits per heavy atom. The van der Waals surface area contributed by atoms with Gasteiger partial charge in [-0.1, -0.05) is 30.4 Å². The third kappa shape index (κ3) is 4.76. The van der Waals surface area contributed by atoms with Crippen molar-refractivity contribution >= 4 is 16.9 Å². The number of carbonyl (C=O) groups excluding carboxylic acids is 1. The highest BCUT2D eigenvalue weighted by Crippen LogP contribution is 2.18. The van der Waals surface area contributed by atoms with Crippen LogP contribution in [0.15, 0.2) is 42.6 Å². The largest absolute Gasteiger partial charge is 0.468 e. The molecular weight excluding hydrogens is 264 g/mol. The van der Waals surface area contributed by atoms with Gasteiger partial charge in [0.1, 0.15) is 0 Å². The fourth-order valence-electron chi connectivity index (χ4n) is 1.91. The van der Waals surface area contributed by atoms with Crippen molar-refractivity contribution in [3.63, 3.8) is 0 Å². The Morgan fingerprint density at radius 1 is 1.38 bits per heavy atom. The first kappa shape index (κ1) is 17.0. The maximum Gasteiger partial charge on any atom is 0.315 e. The van der Waals surface area contributed by atoms with Crippen LogP contribution in [0.2, 0.25) is 0 Å². The molecule has 1 aromatic carbocycles. The van der Waals surface area contributed by atoms with Crippen LogP contribution in [0.5, 0.6) is 0 Å². The van der Waals surface area contributed by atoms with E-state index in [-0.39, 0.29) is 5.97 Å². The minimum atomic E-state index is -0.561. The first-order valence-electron chi connectivity index (χ1n) is 6.91. The second-order valence-corrected chi connectivity index (χ2v) is 5.37. The highest BCUT2D eigenvalue weighted by Gasteiger charge is 2.24. The predicted molar refractivity (Wildman–Crippen MR) is 87.0 cm³/mol. The molecule has 0 saturated heterocycles. The van der Waals surface area contributed by atoms with Gasteiger partial charge < -0.3 is 15.5 Å². The number of ether oxygens (including phenoxy) is 1. The molecule has 1 aromatic heterocycles. The Bertz CT molecular complexity index is 612. The molecule has 114 valence electrons. The number of nitrogens with two attached hydrogens (primary N) is 1. The van der Waals surface area contributed by atoms with Crippen LogP contribution in [-0.4, -0.2) is 24.6 Å². The lowest BCUT2D eigenvalue weighted by Crippen LogP contribution is -2.23. The molecule has 4 nitrogen and oxygen atoms in total. The molecular formula is C17H24N2O2. The standard InChI is InChI=1S/C9H9N.C8H15NO2/c1-7-6-10-9-5-3-2-4-8(7)9;1-8(2,5-4-6-9)7(10)11-3/h2-6,10H,1H3;4-5H,6,9H2,1-3H3/b;5-4+. The molecule has 0 fully saturated rings. The lowest BCUT2D eigenvalue weighted by Gasteiger charge is -2.15. The van der Waals surface area contributed by atoms with Crippen molar-refractivity contribution in [2.24, 2.45) is 11.1 Å². The molecule has 1 heterocycles. The zero-order chi connectivity index (χ0) is 15.9. The number of nitrogens with one attached hydrogen (secondary N) is 1. The highest BCUT2D eigenvalue weighted by atomic mass is 16.5. The molecule has 2 rings (SSSR count). The summed E-state index contributed by atoms with van der Waals surface area (Å²) in [7, 11) is 1.38. The number of methoxy groups -OCH3 is 1. The van der Waals surface area contributed by atoms with Gasteiger partial charge in [0, 0.05) is 23.6 Å². The van der Waals surface area contributed by atoms with Crippen LogP contribution in [0.3, 0.4) is 0 Å². The third-order valence-electron chi connectivity index (χ3n) is 3.18. The Morgan fingerprint density at radius 3 is 2.62 bits per heavy atom. The average Bonchev–Trinajstić information content (AvgIpc) is 2.87. The van der Waals surface area contributed by atoms with Gasteiger partial charge in [0.05, 0.1) is 12.5 Å². The number of aryl methyl sites for hydroxylation is 1. The van der Waals surface area contributed by atoms with E-state index in [4.69, 9.17) is 5.73 Å². The van der Waals surface area contributed by atoms with Gasteiger partial charge >= 0.3 is 5.97 Å². The SMILES string of the molecule is COC(=O)C(C)(C)/C=C/CN.Cc1c[nH]c2ccccc12. The molecule has 0 unspecified atom stereocenters. The maximum atomic E-state index is 11.0. The number of esters is 1. The molecule has 2 aromatic rings. The number of aromatic amines is 1. The van der Waals surface area contributed by atoms with Crippen LogP contribution < -0.4 is 5.73 Å². The lowest BCUT2D eigenvalue weighted by atomic mass is 9.93. The van der Waals surface area contributed by atoms with Crippen LogP contribution in [-0.2, 0) is 9.53 Å². The van der Waals surface area contributed by atoms with Crippen LogP contribution in [0.25, 0.3) is 10.9 Å². The van der Waals surface area contributed by atoms with Gasteiger partial charge in [-0.3, -0.25) is 4.79 Å². The second kappa shape index (κ2) is 7.64. The summed E-state index contributed by atoms with van der Waals surface area (Å²) in [6.45, 7) is 6.12. The number of hydrogen-bond donors (Lipinski definition) is 2. The fraction of sp³-hybridized carbons (Fsp3) is 0.353. The van der Waals surface area contributed by atoms with Gasteiger partial charge in [-0.25, -0.2) is 0 Å². The summed E-state index contributed by atoms with van der Waals surface area (Å²) in [4.78, 5) is 14.2. The van der Waals surface area contributed by atoms with E-state index >= 15 is 0 Å². The Hall–Kier alpha value is -2.07. The number of fused-ring (bicyclic) bond motifs is 1. The van der Waals surface area contributed by atoms with E-state index in [9.17, 15) is 4.79 Å². The van der Waals surface area contributed by atoms with E-state index in [1.807, 2.05) is 12.3 Å². The van der Waals surface area contributed by atoms with Crippen molar-refractivity contribution in [1.29, 1.82) is 0 Å². The predicted octanol–water partition coefficient (Wildman–Crippen LogP) is 3.18. The lowest BCUT2D eigenvalue weighted by molar-refractivity contribution is -0.148. The quantitative estimate of drug-likeness (QED) is 0.673. The Labute approximate surface area is 126 Å². The van der Waals surface area contributed by atoms with Gasteiger partial charge in [0.25, 0.3) is 0 Å². The molecule has 0 aliphatic carbocycles. The summed E-state index contributed by atoms with van der Waals surface area (Å²) >= 11 is 0. The van der Waals surface area contributed by atoms with Crippen LogP contribution in [0, 0.1) is 12.3 Å². The van der Waals surface area contributed by atoms with Crippen molar-refractivity contribution < 1.29 is 9.53 Å². The zero-order valence-corrected chi connectivity index (χ0v) is 13.1. The maximum absolute atomic E-state index is 11.0. The van der Waals surface area contributed by atoms with E-state index < -0.39 is 5.41 Å². The van der Waals surface area contributed by atoms with Gasteiger partial charge in [-0.2, -0.15) is 0 Å². The number of para-hydroxylation sites is 1. The van der Waals surface area contributed by atoms with Gasteiger partial charge in [0.15, 0.2) is 0 Å². The van der Waals surface area contributed by atoms with Crippen molar-refractivity contribution in [2.45, 2.75) is 20.8 Å². The van der Waals surface area contributed by atoms with Crippen LogP contribution >= 0.6 is 0 Å². The van der Waals surface area contributed by atoms with Gasteiger partial charge in [-0.15, -0.1) is 0 Å². The number of hydrogen-bond acceptors (Lipinski definition) is 3. The first-order valence-corrected chi connectivity index (χ1v) is 6.91. The van der Waals surface area contributed by atoms with E-state index in [0.29, 0.717) is 6.54 Å². The Kier molecular flexibility index (Phi) is 6.18. The number of H-pyrrole nitrogens is 1. The van der Waals surface area contributed by atoms with Crippen molar-refractivity contribution in [2.75, 3.05) is 13.7 Å². The second-order valence-electron chi connectivity index (χ2n) is 5.37. The zero-order valence-electron chi connectivity index (χ0n) is 13.1. The Balaban J connectivity index is 0.000000210. The van der Waals surface area contributed by atoms with E-state index in [2.05, 4.69) is 34.8 Å². The van der Waals surface area contributed by atoms with Gasteiger partial charge in [-0.05, 0) is 32.4 Å². The van der Waals surface area contributed by atoms with Crippen LogP contribution in [0.4, 0.5) is 0 Å². The number of benzene rings is 1. The molecule has 0 aliphatic rings. The fourth-order valence-corrected chi connectivity index (χ4v) is 1.91. The normalized spacial score (nSPS) is 11.3. The number of carbonyl (C=O) groups is 1. The molecule has 0 spiro atoms. The monoisotopic (exact) mass is 288 g/mol. The molecule has 3 N–H and O–H groups in total. The molecule has 0 atom stereocenters. The third-order valence-corrected chi connectivity index (χ3v) is 3.18. The number of aromatic nitrogens is 1. The molecule has 0 amide bonds. The summed E-state index contributed by atoms with van der Waals surface area (Å²) in [5.74, 6) is -0.248. The van der Waals surface area contributed by atoms with Gasteiger partial charge in [0.2, 0.25) is 0 Å². The highest BCUT2D eigenvalue weighted by molar-refractivity contribution is 5.82. The summed E-state index contributed by atoms with van der Waals surface area (Å²) in [6.07, 6.45) is 5.53. The molecule has 21 heavy (non-hydrogen) atoms. The van der Waals surface area contributed by atoms with E-state index in [1.165, 1.54) is 23.6 Å². The first-order chi connectivity index (χ1) is 9.92. The van der Waals surface area contributed by atoms with Crippen molar-refractivity contribution in [3.8, 4) is 0 Å². The molecule has 4 heteroatoms. The topological polar surface area (TPSA) is 68.1 Å². The summed E-state index contributed by atoms with van der Waals surface area (Å²) in [5.41, 5.74) is 7.21.